The third-order valence-corrected chi connectivity index (χ3v) is 5.88. The molecule has 2 N–H and O–H groups in total. The molecule has 1 heterocycles. The summed E-state index contributed by atoms with van der Waals surface area (Å²) in [7, 11) is 0. The Balaban J connectivity index is 1.49. The van der Waals surface area contributed by atoms with Crippen molar-refractivity contribution in [3.63, 3.8) is 0 Å². The molecule has 4 nitrogen and oxygen atoms in total. The summed E-state index contributed by atoms with van der Waals surface area (Å²) in [5, 5.41) is 0.919. The minimum Gasteiger partial charge on any atom is -0.369 e. The molecule has 0 atom stereocenters. The number of Topliss-reactive ketones (excluding diaryl/α,β-unsaturated/α-hetero) is 1. The van der Waals surface area contributed by atoms with E-state index in [-0.39, 0.29) is 12.2 Å². The minimum atomic E-state index is -0.00696. The minimum absolute atomic E-state index is 0.00696. The number of nitrogens with two attached hydrogens (primary N) is 1. The lowest BCUT2D eigenvalue weighted by Gasteiger charge is -2.07. The molecule has 4 rings (SSSR count). The third kappa shape index (κ3) is 4.50. The van der Waals surface area contributed by atoms with Gasteiger partial charge in [0.1, 0.15) is 0 Å². The molecule has 30 heavy (non-hydrogen) atoms. The number of nitrogen functional groups attached to an aromatic ring is 1. The Hall–Kier alpha value is -2.82. The first-order valence-corrected chi connectivity index (χ1v) is 10.5. The highest BCUT2D eigenvalue weighted by Gasteiger charge is 2.13. The number of hydrogen-bond acceptors (Lipinski definition) is 3. The van der Waals surface area contributed by atoms with Gasteiger partial charge in [0.2, 0.25) is 5.95 Å². The number of carbonyl (C=O) groups is 1. The highest BCUT2D eigenvalue weighted by Crippen LogP contribution is 2.24. The van der Waals surface area contributed by atoms with Gasteiger partial charge in [-0.15, -0.1) is 0 Å². The first-order chi connectivity index (χ1) is 14.5. The monoisotopic (exact) mass is 437 g/mol. The van der Waals surface area contributed by atoms with Crippen molar-refractivity contribution in [1.82, 2.24) is 9.55 Å². The van der Waals surface area contributed by atoms with Crippen LogP contribution in [0.3, 0.4) is 0 Å². The number of anilines is 1. The van der Waals surface area contributed by atoms with Crippen molar-refractivity contribution in [1.29, 1.82) is 0 Å². The zero-order valence-corrected chi connectivity index (χ0v) is 17.8. The Morgan fingerprint density at radius 1 is 0.933 bits per heavy atom. The van der Waals surface area contributed by atoms with E-state index >= 15 is 0 Å². The maximum Gasteiger partial charge on any atom is 0.201 e. The molecule has 0 fully saturated rings. The highest BCUT2D eigenvalue weighted by molar-refractivity contribution is 6.42. The van der Waals surface area contributed by atoms with Crippen LogP contribution < -0.4 is 5.73 Å². The highest BCUT2D eigenvalue weighted by atomic mass is 35.5. The van der Waals surface area contributed by atoms with Crippen molar-refractivity contribution in [3.8, 4) is 0 Å². The number of halogens is 2. The van der Waals surface area contributed by atoms with Gasteiger partial charge in [0.25, 0.3) is 0 Å². The molecule has 0 saturated heterocycles. The van der Waals surface area contributed by atoms with Crippen LogP contribution >= 0.6 is 23.2 Å². The van der Waals surface area contributed by atoms with Crippen molar-refractivity contribution in [3.05, 3.63) is 93.5 Å². The summed E-state index contributed by atoms with van der Waals surface area (Å²) in [5.41, 5.74) is 10.5. The second kappa shape index (κ2) is 8.90. The standard InChI is InChI=1S/C24H21Cl2N3O/c25-19-10-8-17(13-20(19)26)14-23(30)18-9-11-22-21(15-18)28-24(27)29(22)12-4-7-16-5-2-1-3-6-16/h1-3,5-6,8-11,13,15H,4,7,12,14H2,(H2,27,28). The summed E-state index contributed by atoms with van der Waals surface area (Å²) in [6, 6.07) is 21.2. The zero-order valence-electron chi connectivity index (χ0n) is 16.3. The Bertz CT molecular complexity index is 1200. The normalized spacial score (nSPS) is 11.1. The van der Waals surface area contributed by atoms with Crippen molar-refractivity contribution in [2.45, 2.75) is 25.8 Å². The fourth-order valence-corrected chi connectivity index (χ4v) is 3.90. The van der Waals surface area contributed by atoms with Crippen molar-refractivity contribution in [2.75, 3.05) is 5.73 Å². The van der Waals surface area contributed by atoms with Gasteiger partial charge in [-0.2, -0.15) is 0 Å². The van der Waals surface area contributed by atoms with Gasteiger partial charge in [-0.1, -0.05) is 59.6 Å². The lowest BCUT2D eigenvalue weighted by molar-refractivity contribution is 0.0993. The molecule has 0 radical (unpaired) electrons. The van der Waals surface area contributed by atoms with Crippen LogP contribution in [0.25, 0.3) is 11.0 Å². The summed E-state index contributed by atoms with van der Waals surface area (Å²) in [4.78, 5) is 17.2. The zero-order chi connectivity index (χ0) is 21.1. The van der Waals surface area contributed by atoms with E-state index in [2.05, 4.69) is 17.1 Å². The molecular weight excluding hydrogens is 417 g/mol. The first-order valence-electron chi connectivity index (χ1n) is 9.78. The van der Waals surface area contributed by atoms with E-state index in [0.717, 1.165) is 36.0 Å². The molecule has 0 bridgehead atoms. The van der Waals surface area contributed by atoms with Gasteiger partial charge in [0, 0.05) is 18.5 Å². The van der Waals surface area contributed by atoms with Crippen molar-refractivity contribution >= 4 is 46.0 Å². The van der Waals surface area contributed by atoms with E-state index in [9.17, 15) is 4.79 Å². The van der Waals surface area contributed by atoms with Crippen LogP contribution in [0.1, 0.15) is 27.9 Å². The maximum atomic E-state index is 12.7. The fourth-order valence-electron chi connectivity index (χ4n) is 3.58. The SMILES string of the molecule is Nc1nc2cc(C(=O)Cc3ccc(Cl)c(Cl)c3)ccc2n1CCCc1ccccc1. The molecule has 0 aliphatic carbocycles. The van der Waals surface area contributed by atoms with E-state index in [1.54, 1.807) is 18.2 Å². The molecule has 1 aromatic heterocycles. The number of aryl methyl sites for hydroxylation is 2. The second-order valence-electron chi connectivity index (χ2n) is 7.26. The molecule has 0 saturated carbocycles. The van der Waals surface area contributed by atoms with Crippen LogP contribution in [0.5, 0.6) is 0 Å². The van der Waals surface area contributed by atoms with Crippen LogP contribution in [0.15, 0.2) is 66.7 Å². The molecule has 0 amide bonds. The summed E-state index contributed by atoms with van der Waals surface area (Å²) in [6.07, 6.45) is 2.17. The molecule has 3 aromatic carbocycles. The summed E-state index contributed by atoms with van der Waals surface area (Å²) >= 11 is 12.0. The van der Waals surface area contributed by atoms with Crippen LogP contribution in [-0.4, -0.2) is 15.3 Å². The number of fused-ring (bicyclic) bond motifs is 1. The van der Waals surface area contributed by atoms with Gasteiger partial charge in [-0.3, -0.25) is 4.79 Å². The largest absolute Gasteiger partial charge is 0.369 e. The predicted molar refractivity (Wildman–Crippen MR) is 123 cm³/mol. The van der Waals surface area contributed by atoms with E-state index < -0.39 is 0 Å². The van der Waals surface area contributed by atoms with Crippen LogP contribution in [-0.2, 0) is 19.4 Å². The lowest BCUT2D eigenvalue weighted by Crippen LogP contribution is -2.05. The second-order valence-corrected chi connectivity index (χ2v) is 8.08. The van der Waals surface area contributed by atoms with Crippen molar-refractivity contribution in [2.24, 2.45) is 0 Å². The molecule has 6 heteroatoms. The molecular formula is C24H21Cl2N3O. The van der Waals surface area contributed by atoms with Crippen LogP contribution in [0.4, 0.5) is 5.95 Å². The summed E-state index contributed by atoms with van der Waals surface area (Å²) < 4.78 is 2.01. The maximum absolute atomic E-state index is 12.7. The van der Waals surface area contributed by atoms with Crippen LogP contribution in [0, 0.1) is 0 Å². The van der Waals surface area contributed by atoms with Gasteiger partial charge in [-0.05, 0) is 54.3 Å². The number of aromatic nitrogens is 2. The quantitative estimate of drug-likeness (QED) is 0.361. The Morgan fingerprint density at radius 2 is 1.73 bits per heavy atom. The average Bonchev–Trinajstić information content (AvgIpc) is 3.06. The molecule has 0 spiro atoms. The number of carbonyl (C=O) groups excluding carboxylic acids is 1. The molecule has 0 aliphatic rings. The summed E-state index contributed by atoms with van der Waals surface area (Å²) in [6.45, 7) is 0.772. The van der Waals surface area contributed by atoms with Gasteiger partial charge < -0.3 is 10.3 Å². The first kappa shape index (κ1) is 20.5. The van der Waals surface area contributed by atoms with Crippen molar-refractivity contribution < 1.29 is 4.79 Å². The molecule has 0 unspecified atom stereocenters. The molecule has 0 aliphatic heterocycles. The van der Waals surface area contributed by atoms with Gasteiger partial charge in [0.05, 0.1) is 21.1 Å². The van der Waals surface area contributed by atoms with E-state index in [0.29, 0.717) is 21.6 Å². The number of imidazole rings is 1. The smallest absolute Gasteiger partial charge is 0.201 e. The number of benzene rings is 3. The average molecular weight is 438 g/mol. The number of nitrogens with zero attached hydrogens (tertiary/aromatic N) is 2. The Labute approximate surface area is 185 Å². The van der Waals surface area contributed by atoms with E-state index in [1.807, 2.05) is 41.0 Å². The van der Waals surface area contributed by atoms with Gasteiger partial charge in [-0.25, -0.2) is 4.98 Å². The Morgan fingerprint density at radius 3 is 2.50 bits per heavy atom. The molecule has 152 valence electrons. The van der Waals surface area contributed by atoms with Crippen LogP contribution in [0.2, 0.25) is 10.0 Å². The van der Waals surface area contributed by atoms with E-state index in [1.165, 1.54) is 5.56 Å². The third-order valence-electron chi connectivity index (χ3n) is 5.14. The fraction of sp³-hybridized carbons (Fsp3) is 0.167. The number of rotatable bonds is 7. The number of ketones is 1. The van der Waals surface area contributed by atoms with Gasteiger partial charge in [0.15, 0.2) is 5.78 Å². The topological polar surface area (TPSA) is 60.9 Å². The van der Waals surface area contributed by atoms with E-state index in [4.69, 9.17) is 28.9 Å². The Kier molecular flexibility index (Phi) is 6.07. The molecule has 4 aromatic rings. The summed E-state index contributed by atoms with van der Waals surface area (Å²) in [5.74, 6) is 0.458. The lowest BCUT2D eigenvalue weighted by atomic mass is 10.0. The predicted octanol–water partition coefficient (Wildman–Crippen LogP) is 5.98. The number of hydrogen-bond donors (Lipinski definition) is 1. The van der Waals surface area contributed by atoms with Gasteiger partial charge >= 0.3 is 0 Å².